The molecular weight excluding hydrogens is 508 g/mol. The fourth-order valence-electron chi connectivity index (χ4n) is 6.09. The zero-order valence-electron chi connectivity index (χ0n) is 23.4. The SMILES string of the molecule is CO[C@H]1/C=C/C[C@H](C)C[S-](=O)=NC(=O)c2ccc3c(c2)N(Cc2ccc(C)cc2CCCCO3)C[C@@H]2CC[C@H]21. The quantitative estimate of drug-likeness (QED) is 0.295. The molecule has 2 aliphatic heterocycles. The zero-order valence-corrected chi connectivity index (χ0v) is 24.3. The lowest BCUT2D eigenvalue weighted by Crippen LogP contribution is -2.43. The molecule has 4 atom stereocenters. The van der Waals surface area contributed by atoms with Gasteiger partial charge in [0.2, 0.25) is 0 Å². The highest BCUT2D eigenvalue weighted by atomic mass is 32.2. The third-order valence-corrected chi connectivity index (χ3v) is 9.69. The molecule has 0 N–H and O–H groups in total. The highest BCUT2D eigenvalue weighted by Crippen LogP contribution is 2.42. The van der Waals surface area contributed by atoms with E-state index in [4.69, 9.17) is 9.47 Å². The minimum absolute atomic E-state index is 0.0570. The number of allylic oxidation sites excluding steroid dienone is 1. The van der Waals surface area contributed by atoms with Crippen LogP contribution in [0.25, 0.3) is 0 Å². The zero-order chi connectivity index (χ0) is 27.4. The smallest absolute Gasteiger partial charge is 0.254 e. The van der Waals surface area contributed by atoms with E-state index in [0.29, 0.717) is 29.8 Å². The number of benzene rings is 2. The van der Waals surface area contributed by atoms with Crippen LogP contribution in [0.1, 0.15) is 66.1 Å². The van der Waals surface area contributed by atoms with Crippen molar-refractivity contribution in [1.82, 2.24) is 0 Å². The van der Waals surface area contributed by atoms with Gasteiger partial charge in [-0.15, -0.1) is 0 Å². The van der Waals surface area contributed by atoms with Crippen LogP contribution in [0.4, 0.5) is 5.69 Å². The molecule has 2 aromatic carbocycles. The molecule has 0 spiro atoms. The summed E-state index contributed by atoms with van der Waals surface area (Å²) >= 11 is 0. The van der Waals surface area contributed by atoms with Crippen LogP contribution in [0.3, 0.4) is 0 Å². The molecule has 1 fully saturated rings. The van der Waals surface area contributed by atoms with Crippen molar-refractivity contribution in [3.05, 3.63) is 70.8 Å². The van der Waals surface area contributed by atoms with Crippen LogP contribution < -0.4 is 9.64 Å². The van der Waals surface area contributed by atoms with E-state index in [1.165, 1.54) is 16.7 Å². The van der Waals surface area contributed by atoms with Gasteiger partial charge >= 0.3 is 0 Å². The Morgan fingerprint density at radius 2 is 1.97 bits per heavy atom. The third kappa shape index (κ3) is 6.75. The highest BCUT2D eigenvalue weighted by molar-refractivity contribution is 7.75. The average molecular weight is 550 g/mol. The van der Waals surface area contributed by atoms with Gasteiger partial charge in [0, 0.05) is 25.8 Å². The van der Waals surface area contributed by atoms with Crippen molar-refractivity contribution < 1.29 is 18.5 Å². The molecule has 0 radical (unpaired) electrons. The van der Waals surface area contributed by atoms with Crippen molar-refractivity contribution in [2.75, 3.05) is 30.9 Å². The van der Waals surface area contributed by atoms with Gasteiger partial charge in [-0.05, 0) is 86.6 Å². The van der Waals surface area contributed by atoms with E-state index in [0.717, 1.165) is 63.1 Å². The normalized spacial score (nSPS) is 27.6. The Morgan fingerprint density at radius 1 is 1.10 bits per heavy atom. The number of nitrogens with zero attached hydrogens (tertiary/aromatic N) is 2. The van der Waals surface area contributed by atoms with Gasteiger partial charge in [-0.2, -0.15) is 10.6 Å². The van der Waals surface area contributed by atoms with E-state index < -0.39 is 16.5 Å². The molecule has 2 heterocycles. The first kappa shape index (κ1) is 27.9. The van der Waals surface area contributed by atoms with E-state index in [-0.39, 0.29) is 12.0 Å². The van der Waals surface area contributed by atoms with E-state index in [1.54, 1.807) is 13.2 Å². The van der Waals surface area contributed by atoms with Gasteiger partial charge in [-0.1, -0.05) is 54.5 Å². The molecular formula is C32H41N2O4S-. The molecule has 3 aliphatic rings. The van der Waals surface area contributed by atoms with Crippen LogP contribution in [0.2, 0.25) is 0 Å². The molecule has 2 aromatic rings. The minimum Gasteiger partial charge on any atom is -0.491 e. The summed E-state index contributed by atoms with van der Waals surface area (Å²) in [5.74, 6) is 1.77. The summed E-state index contributed by atoms with van der Waals surface area (Å²) in [6.45, 7) is 6.41. The number of methoxy groups -OCH3 is 1. The number of carbonyl (C=O) groups excluding carboxylic acids is 1. The van der Waals surface area contributed by atoms with Crippen molar-refractivity contribution in [3.8, 4) is 5.75 Å². The van der Waals surface area contributed by atoms with Crippen LogP contribution >= 0.6 is 0 Å². The summed E-state index contributed by atoms with van der Waals surface area (Å²) in [7, 11) is 0.222. The third-order valence-electron chi connectivity index (χ3n) is 8.47. The lowest BCUT2D eigenvalue weighted by atomic mass is 9.70. The second-order valence-electron chi connectivity index (χ2n) is 11.5. The largest absolute Gasteiger partial charge is 0.491 e. The van der Waals surface area contributed by atoms with Gasteiger partial charge in [0.25, 0.3) is 5.91 Å². The van der Waals surface area contributed by atoms with Gasteiger partial charge in [0.05, 0.1) is 18.4 Å². The molecule has 0 unspecified atom stereocenters. The Morgan fingerprint density at radius 3 is 2.77 bits per heavy atom. The van der Waals surface area contributed by atoms with Crippen molar-refractivity contribution in [2.24, 2.45) is 22.1 Å². The number of fused-ring (bicyclic) bond motifs is 3. The maximum atomic E-state index is 13.1. The van der Waals surface area contributed by atoms with E-state index >= 15 is 0 Å². The van der Waals surface area contributed by atoms with Gasteiger partial charge < -0.3 is 22.9 Å². The van der Waals surface area contributed by atoms with Crippen LogP contribution in [0.15, 0.2) is 52.9 Å². The van der Waals surface area contributed by atoms with Crippen molar-refractivity contribution in [2.45, 2.75) is 65.0 Å². The lowest BCUT2D eigenvalue weighted by molar-refractivity contribution is 0.0133. The minimum atomic E-state index is -1.58. The van der Waals surface area contributed by atoms with E-state index in [1.807, 2.05) is 19.1 Å². The summed E-state index contributed by atoms with van der Waals surface area (Å²) in [5.41, 5.74) is 5.35. The lowest BCUT2D eigenvalue weighted by Gasteiger charge is -2.43. The molecule has 210 valence electrons. The number of rotatable bonds is 1. The first-order chi connectivity index (χ1) is 18.9. The number of amides is 1. The number of hydrogen-bond donors (Lipinski definition) is 0. The van der Waals surface area contributed by atoms with Crippen LogP contribution in [0, 0.1) is 24.7 Å². The van der Waals surface area contributed by atoms with Crippen LogP contribution in [-0.4, -0.2) is 38.0 Å². The van der Waals surface area contributed by atoms with Crippen LogP contribution in [-0.2, 0) is 32.5 Å². The molecule has 1 amide bonds. The predicted molar refractivity (Wildman–Crippen MR) is 157 cm³/mol. The van der Waals surface area contributed by atoms with Gasteiger partial charge in [-0.25, -0.2) is 0 Å². The highest BCUT2D eigenvalue weighted by Gasteiger charge is 2.37. The maximum Gasteiger partial charge on any atom is 0.254 e. The monoisotopic (exact) mass is 549 g/mol. The predicted octanol–water partition coefficient (Wildman–Crippen LogP) is 6.64. The van der Waals surface area contributed by atoms with Gasteiger partial charge in [0.15, 0.2) is 0 Å². The number of carbonyl (C=O) groups is 1. The molecule has 1 aliphatic carbocycles. The summed E-state index contributed by atoms with van der Waals surface area (Å²) < 4.78 is 29.1. The standard InChI is InChI=1S/C32H41N2O4S/c1-22-10-11-26-19-34-20-27-12-14-28(27)30(37-3)9-6-7-23(2)21-39(36)33-32(35)25-13-15-31(29(34)18-25)38-16-5-4-8-24(26)17-22/h6,9-11,13,15,17-18,23,27-28,30H,4-5,7-8,12,14,16,19-21H2,1-3H3/q-1/b9-6+/t23-,27-,28+,30-/m0/s1. The Labute approximate surface area is 235 Å². The Balaban J connectivity index is 1.60. The van der Waals surface area contributed by atoms with Gasteiger partial charge in [0.1, 0.15) is 5.75 Å². The Bertz CT molecular complexity index is 1300. The van der Waals surface area contributed by atoms with Crippen molar-refractivity contribution in [3.63, 3.8) is 0 Å². The van der Waals surface area contributed by atoms with E-state index in [2.05, 4.69) is 46.5 Å². The molecule has 0 aromatic heterocycles. The summed E-state index contributed by atoms with van der Waals surface area (Å²) in [6, 6.07) is 12.3. The van der Waals surface area contributed by atoms with Crippen molar-refractivity contribution in [1.29, 1.82) is 0 Å². The number of hydrogen-bond acceptors (Lipinski definition) is 6. The Kier molecular flexibility index (Phi) is 9.08. The van der Waals surface area contributed by atoms with Crippen molar-refractivity contribution >= 4 is 22.2 Å². The fraction of sp³-hybridized carbons (Fsp3) is 0.531. The van der Waals surface area contributed by atoms with E-state index in [9.17, 15) is 9.00 Å². The summed E-state index contributed by atoms with van der Waals surface area (Å²) in [6.07, 6.45) is 10.5. The molecule has 7 heteroatoms. The summed E-state index contributed by atoms with van der Waals surface area (Å²) in [5, 5.41) is 0. The number of ether oxygens (including phenoxy) is 2. The molecule has 2 bridgehead atoms. The molecule has 6 nitrogen and oxygen atoms in total. The average Bonchev–Trinajstić information content (AvgIpc) is 2.92. The second kappa shape index (κ2) is 12.7. The molecule has 5 rings (SSSR count). The summed E-state index contributed by atoms with van der Waals surface area (Å²) in [4.78, 5) is 15.5. The van der Waals surface area contributed by atoms with Crippen LogP contribution in [0.5, 0.6) is 5.75 Å². The second-order valence-corrected chi connectivity index (χ2v) is 12.7. The molecule has 1 saturated carbocycles. The number of aryl methyl sites for hydroxylation is 2. The number of anilines is 1. The molecule has 0 saturated heterocycles. The first-order valence-corrected chi connectivity index (χ1v) is 15.6. The van der Waals surface area contributed by atoms with Gasteiger partial charge in [-0.3, -0.25) is 4.79 Å². The maximum absolute atomic E-state index is 13.1. The Hall–Kier alpha value is -2.64. The first-order valence-electron chi connectivity index (χ1n) is 14.4. The fourth-order valence-corrected chi connectivity index (χ4v) is 7.07. The topological polar surface area (TPSA) is 68.2 Å². The molecule has 39 heavy (non-hydrogen) atoms.